The van der Waals surface area contributed by atoms with E-state index in [0.717, 1.165) is 0 Å². The summed E-state index contributed by atoms with van der Waals surface area (Å²) in [5, 5.41) is 13.8. The molecule has 3 heterocycles. The van der Waals surface area contributed by atoms with Gasteiger partial charge in [-0.2, -0.15) is 0 Å². The number of aliphatic hydroxyl groups excluding tert-OH is 1. The number of hydrogen-bond donors (Lipinski definition) is 1. The highest BCUT2D eigenvalue weighted by Gasteiger charge is 2.25. The summed E-state index contributed by atoms with van der Waals surface area (Å²) in [6.07, 6.45) is 0.908. The fourth-order valence-corrected chi connectivity index (χ4v) is 2.58. The highest BCUT2D eigenvalue weighted by molar-refractivity contribution is 5.92. The Bertz CT molecular complexity index is 615. The van der Waals surface area contributed by atoms with Crippen molar-refractivity contribution in [1.82, 2.24) is 15.0 Å². The van der Waals surface area contributed by atoms with E-state index in [0.29, 0.717) is 49.9 Å². The number of carbonyl (C=O) groups is 1. The number of nitrogens with zero attached hydrogens (tertiary/aromatic N) is 3. The zero-order chi connectivity index (χ0) is 15.5. The van der Waals surface area contributed by atoms with Gasteiger partial charge in [-0.25, -0.2) is 0 Å². The number of aliphatic hydroxyl groups is 1. The van der Waals surface area contributed by atoms with Crippen LogP contribution in [0.3, 0.4) is 0 Å². The van der Waals surface area contributed by atoms with Crippen LogP contribution in [-0.2, 0) is 0 Å². The fraction of sp³-hybridized carbons (Fsp3) is 0.467. The van der Waals surface area contributed by atoms with Gasteiger partial charge in [0, 0.05) is 38.8 Å². The van der Waals surface area contributed by atoms with E-state index in [4.69, 9.17) is 8.94 Å². The van der Waals surface area contributed by atoms with Crippen molar-refractivity contribution in [2.75, 3.05) is 32.7 Å². The smallest absolute Gasteiger partial charge is 0.276 e. The summed E-state index contributed by atoms with van der Waals surface area (Å²) in [7, 11) is 0. The SMILES string of the molecule is Cc1cc(C(=O)N2CCN(C[C@@H](O)c3ccco3)CC2)no1. The lowest BCUT2D eigenvalue weighted by molar-refractivity contribution is 0.0479. The Morgan fingerprint density at radius 2 is 2.18 bits per heavy atom. The first-order chi connectivity index (χ1) is 10.6. The van der Waals surface area contributed by atoms with Crippen molar-refractivity contribution in [3.05, 3.63) is 41.7 Å². The van der Waals surface area contributed by atoms with Gasteiger partial charge in [-0.3, -0.25) is 9.69 Å². The highest BCUT2D eigenvalue weighted by atomic mass is 16.5. The second-order valence-electron chi connectivity index (χ2n) is 5.45. The Labute approximate surface area is 128 Å². The fourth-order valence-electron chi connectivity index (χ4n) is 2.58. The molecule has 0 aromatic carbocycles. The molecule has 0 unspecified atom stereocenters. The van der Waals surface area contributed by atoms with E-state index in [2.05, 4.69) is 10.1 Å². The predicted octanol–water partition coefficient (Wildman–Crippen LogP) is 1.07. The van der Waals surface area contributed by atoms with Crippen molar-refractivity contribution in [1.29, 1.82) is 0 Å². The summed E-state index contributed by atoms with van der Waals surface area (Å²) >= 11 is 0. The molecule has 0 radical (unpaired) electrons. The number of hydrogen-bond acceptors (Lipinski definition) is 6. The zero-order valence-electron chi connectivity index (χ0n) is 12.4. The Hall–Kier alpha value is -2.12. The van der Waals surface area contributed by atoms with Crippen LogP contribution in [0.1, 0.15) is 28.1 Å². The summed E-state index contributed by atoms with van der Waals surface area (Å²) < 4.78 is 10.1. The standard InChI is InChI=1S/C15H19N3O4/c1-11-9-12(16-22-11)15(20)18-6-4-17(5-7-18)10-13(19)14-3-2-8-21-14/h2-3,8-9,13,19H,4-7,10H2,1H3/t13-/m1/s1. The average Bonchev–Trinajstić information content (AvgIpc) is 3.18. The Kier molecular flexibility index (Phi) is 4.26. The predicted molar refractivity (Wildman–Crippen MR) is 77.3 cm³/mol. The number of furan rings is 1. The molecule has 0 saturated carbocycles. The third kappa shape index (κ3) is 3.20. The van der Waals surface area contributed by atoms with Crippen LogP contribution in [0, 0.1) is 6.92 Å². The van der Waals surface area contributed by atoms with Gasteiger partial charge in [0.1, 0.15) is 17.6 Å². The van der Waals surface area contributed by atoms with Gasteiger partial charge in [-0.05, 0) is 19.1 Å². The van der Waals surface area contributed by atoms with Crippen molar-refractivity contribution in [2.24, 2.45) is 0 Å². The van der Waals surface area contributed by atoms with Gasteiger partial charge in [0.25, 0.3) is 5.91 Å². The second-order valence-corrected chi connectivity index (χ2v) is 5.45. The van der Waals surface area contributed by atoms with E-state index in [1.807, 2.05) is 0 Å². The van der Waals surface area contributed by atoms with E-state index in [9.17, 15) is 9.90 Å². The minimum absolute atomic E-state index is 0.108. The van der Waals surface area contributed by atoms with E-state index in [1.54, 1.807) is 36.3 Å². The molecule has 2 aromatic heterocycles. The molecule has 1 amide bonds. The summed E-state index contributed by atoms with van der Waals surface area (Å²) in [6, 6.07) is 5.17. The van der Waals surface area contributed by atoms with Gasteiger partial charge in [0.05, 0.1) is 6.26 Å². The Balaban J connectivity index is 1.51. The molecule has 118 valence electrons. The van der Waals surface area contributed by atoms with Crippen molar-refractivity contribution in [3.63, 3.8) is 0 Å². The molecule has 1 aliphatic rings. The van der Waals surface area contributed by atoms with Gasteiger partial charge < -0.3 is 18.9 Å². The third-order valence-electron chi connectivity index (χ3n) is 3.81. The summed E-state index contributed by atoms with van der Waals surface area (Å²) in [5.41, 5.74) is 0.349. The number of amides is 1. The van der Waals surface area contributed by atoms with Gasteiger partial charge in [0.15, 0.2) is 5.69 Å². The minimum Gasteiger partial charge on any atom is -0.467 e. The normalized spacial score (nSPS) is 17.6. The lowest BCUT2D eigenvalue weighted by Crippen LogP contribution is -2.49. The maximum atomic E-state index is 12.2. The van der Waals surface area contributed by atoms with Crippen molar-refractivity contribution >= 4 is 5.91 Å². The van der Waals surface area contributed by atoms with Crippen molar-refractivity contribution < 1.29 is 18.8 Å². The first-order valence-corrected chi connectivity index (χ1v) is 7.30. The van der Waals surface area contributed by atoms with E-state index in [-0.39, 0.29) is 5.91 Å². The van der Waals surface area contributed by atoms with Crippen LogP contribution in [-0.4, -0.2) is 58.7 Å². The van der Waals surface area contributed by atoms with Crippen LogP contribution in [0.5, 0.6) is 0 Å². The number of piperazine rings is 1. The third-order valence-corrected chi connectivity index (χ3v) is 3.81. The molecule has 1 fully saturated rings. The van der Waals surface area contributed by atoms with Gasteiger partial charge in [-0.1, -0.05) is 5.16 Å². The number of carbonyl (C=O) groups excluding carboxylic acids is 1. The lowest BCUT2D eigenvalue weighted by Gasteiger charge is -2.34. The van der Waals surface area contributed by atoms with E-state index in [1.165, 1.54) is 0 Å². The van der Waals surface area contributed by atoms with Gasteiger partial charge in [0.2, 0.25) is 0 Å². The number of rotatable bonds is 4. The lowest BCUT2D eigenvalue weighted by atomic mass is 10.2. The minimum atomic E-state index is -0.643. The van der Waals surface area contributed by atoms with Crippen LogP contribution in [0.15, 0.2) is 33.4 Å². The Morgan fingerprint density at radius 1 is 1.41 bits per heavy atom. The number of β-amino-alcohol motifs (C(OH)–C–C–N with tert-alkyl or cyclic N) is 1. The summed E-state index contributed by atoms with van der Waals surface area (Å²) in [6.45, 7) is 4.89. The molecule has 1 saturated heterocycles. The van der Waals surface area contributed by atoms with Crippen molar-refractivity contribution in [2.45, 2.75) is 13.0 Å². The van der Waals surface area contributed by atoms with Crippen molar-refractivity contribution in [3.8, 4) is 0 Å². The molecule has 7 nitrogen and oxygen atoms in total. The average molecular weight is 305 g/mol. The summed E-state index contributed by atoms with van der Waals surface area (Å²) in [4.78, 5) is 16.1. The molecule has 3 rings (SSSR count). The monoisotopic (exact) mass is 305 g/mol. The van der Waals surface area contributed by atoms with E-state index < -0.39 is 6.10 Å². The molecule has 7 heteroatoms. The van der Waals surface area contributed by atoms with Gasteiger partial charge >= 0.3 is 0 Å². The quantitative estimate of drug-likeness (QED) is 0.909. The van der Waals surface area contributed by atoms with Gasteiger partial charge in [-0.15, -0.1) is 0 Å². The van der Waals surface area contributed by atoms with Crippen LogP contribution < -0.4 is 0 Å². The molecular formula is C15H19N3O4. The highest BCUT2D eigenvalue weighted by Crippen LogP contribution is 2.16. The van der Waals surface area contributed by atoms with Crippen LogP contribution in [0.4, 0.5) is 0 Å². The van der Waals surface area contributed by atoms with Crippen LogP contribution >= 0.6 is 0 Å². The number of aromatic nitrogens is 1. The Morgan fingerprint density at radius 3 is 2.77 bits per heavy atom. The maximum Gasteiger partial charge on any atom is 0.276 e. The second kappa shape index (κ2) is 6.33. The zero-order valence-corrected chi connectivity index (χ0v) is 12.4. The first kappa shape index (κ1) is 14.8. The molecule has 1 atom stereocenters. The topological polar surface area (TPSA) is 83.0 Å². The molecular weight excluding hydrogens is 286 g/mol. The van der Waals surface area contributed by atoms with Crippen LogP contribution in [0.25, 0.3) is 0 Å². The summed E-state index contributed by atoms with van der Waals surface area (Å²) in [5.74, 6) is 1.09. The molecule has 1 aliphatic heterocycles. The first-order valence-electron chi connectivity index (χ1n) is 7.30. The molecule has 0 spiro atoms. The number of aryl methyl sites for hydroxylation is 1. The molecule has 1 N–H and O–H groups in total. The largest absolute Gasteiger partial charge is 0.467 e. The maximum absolute atomic E-state index is 12.2. The molecule has 22 heavy (non-hydrogen) atoms. The van der Waals surface area contributed by atoms with E-state index >= 15 is 0 Å². The van der Waals surface area contributed by atoms with Crippen LogP contribution in [0.2, 0.25) is 0 Å². The molecule has 0 aliphatic carbocycles. The molecule has 2 aromatic rings. The molecule has 0 bridgehead atoms.